The summed E-state index contributed by atoms with van der Waals surface area (Å²) in [6.07, 6.45) is -1.31. The van der Waals surface area contributed by atoms with Crippen LogP contribution in [0.1, 0.15) is 5.56 Å². The summed E-state index contributed by atoms with van der Waals surface area (Å²) in [7, 11) is 0. The van der Waals surface area contributed by atoms with Crippen LogP contribution in [-0.2, 0) is 6.18 Å². The second-order valence-electron chi connectivity index (χ2n) is 4.28. The number of nitrogen functional groups attached to an aromatic ring is 1. The monoisotopic (exact) mass is 278 g/mol. The summed E-state index contributed by atoms with van der Waals surface area (Å²) >= 11 is 0. The maximum Gasteiger partial charge on any atom is 0.416 e. The van der Waals surface area contributed by atoms with Crippen LogP contribution in [-0.4, -0.2) is 15.0 Å². The summed E-state index contributed by atoms with van der Waals surface area (Å²) in [4.78, 5) is 11.1. The minimum absolute atomic E-state index is 0.219. The predicted molar refractivity (Wildman–Crippen MR) is 68.7 cm³/mol. The number of aromatic nitrogens is 3. The van der Waals surface area contributed by atoms with Gasteiger partial charge in [-0.15, -0.1) is 0 Å². The van der Waals surface area contributed by atoms with E-state index < -0.39 is 11.7 Å². The van der Waals surface area contributed by atoms with Crippen molar-refractivity contribution >= 4 is 16.7 Å². The lowest BCUT2D eigenvalue weighted by atomic mass is 10.1. The molecule has 0 saturated heterocycles. The van der Waals surface area contributed by atoms with Gasteiger partial charge in [0.05, 0.1) is 22.8 Å². The van der Waals surface area contributed by atoms with Crippen molar-refractivity contribution in [3.63, 3.8) is 0 Å². The molecular formula is C13H9F3N4. The number of aromatic amines is 1. The van der Waals surface area contributed by atoms with Crippen LogP contribution in [0.5, 0.6) is 0 Å². The third-order valence-electron chi connectivity index (χ3n) is 2.92. The van der Waals surface area contributed by atoms with E-state index in [0.717, 1.165) is 12.1 Å². The van der Waals surface area contributed by atoms with Gasteiger partial charge in [-0.1, -0.05) is 0 Å². The Hall–Kier alpha value is -2.57. The number of H-pyrrole nitrogens is 1. The zero-order valence-electron chi connectivity index (χ0n) is 10.1. The summed E-state index contributed by atoms with van der Waals surface area (Å²) in [6.45, 7) is 0. The molecule has 0 saturated carbocycles. The van der Waals surface area contributed by atoms with E-state index in [2.05, 4.69) is 15.0 Å². The largest absolute Gasteiger partial charge is 0.416 e. The number of pyridine rings is 1. The molecule has 2 aromatic heterocycles. The first-order chi connectivity index (χ1) is 9.45. The number of benzene rings is 1. The van der Waals surface area contributed by atoms with Crippen LogP contribution in [0.15, 0.2) is 36.7 Å². The Morgan fingerprint density at radius 2 is 1.95 bits per heavy atom. The van der Waals surface area contributed by atoms with Crippen LogP contribution in [0.2, 0.25) is 0 Å². The second-order valence-corrected chi connectivity index (χ2v) is 4.28. The van der Waals surface area contributed by atoms with Crippen LogP contribution in [0.4, 0.5) is 18.9 Å². The van der Waals surface area contributed by atoms with Crippen molar-refractivity contribution in [2.75, 3.05) is 5.73 Å². The highest BCUT2D eigenvalue weighted by Gasteiger charge is 2.31. The molecule has 0 amide bonds. The molecule has 102 valence electrons. The number of halogens is 3. The van der Waals surface area contributed by atoms with Crippen molar-refractivity contribution < 1.29 is 13.2 Å². The number of nitrogens with one attached hydrogen (secondary N) is 1. The van der Waals surface area contributed by atoms with E-state index in [1.165, 1.54) is 6.07 Å². The summed E-state index contributed by atoms with van der Waals surface area (Å²) in [5.41, 5.74) is 6.68. The summed E-state index contributed by atoms with van der Waals surface area (Å²) in [5, 5.41) is 0. The number of fused-ring (bicyclic) bond motifs is 1. The van der Waals surface area contributed by atoms with E-state index in [0.29, 0.717) is 11.0 Å². The first-order valence-electron chi connectivity index (χ1n) is 5.72. The number of hydrogen-bond donors (Lipinski definition) is 2. The molecule has 0 aliphatic rings. The molecule has 0 fully saturated rings. The summed E-state index contributed by atoms with van der Waals surface area (Å²) < 4.78 is 38.2. The van der Waals surface area contributed by atoms with Crippen LogP contribution in [0.25, 0.3) is 22.4 Å². The Kier molecular flexibility index (Phi) is 2.63. The fraction of sp³-hybridized carbons (Fsp3) is 0.0769. The molecule has 0 atom stereocenters. The Bertz CT molecular complexity index is 744. The summed E-state index contributed by atoms with van der Waals surface area (Å²) in [6, 6.07) is 4.83. The lowest BCUT2D eigenvalue weighted by Gasteiger charge is -2.09. The van der Waals surface area contributed by atoms with Crippen LogP contribution >= 0.6 is 0 Å². The Morgan fingerprint density at radius 1 is 1.15 bits per heavy atom. The van der Waals surface area contributed by atoms with Gasteiger partial charge in [-0.05, 0) is 24.3 Å². The van der Waals surface area contributed by atoms with Crippen molar-refractivity contribution in [2.24, 2.45) is 0 Å². The molecule has 0 bridgehead atoms. The molecule has 3 rings (SSSR count). The third kappa shape index (κ3) is 2.07. The highest BCUT2D eigenvalue weighted by Crippen LogP contribution is 2.34. The normalized spacial score (nSPS) is 11.9. The van der Waals surface area contributed by atoms with Crippen molar-refractivity contribution in [3.05, 3.63) is 42.2 Å². The third-order valence-corrected chi connectivity index (χ3v) is 2.92. The van der Waals surface area contributed by atoms with Crippen LogP contribution in [0.3, 0.4) is 0 Å². The molecule has 20 heavy (non-hydrogen) atoms. The topological polar surface area (TPSA) is 67.6 Å². The quantitative estimate of drug-likeness (QED) is 0.671. The molecule has 0 radical (unpaired) electrons. The van der Waals surface area contributed by atoms with E-state index in [1.807, 2.05) is 0 Å². The number of nitrogens with two attached hydrogens (primary N) is 1. The number of rotatable bonds is 1. The molecule has 0 unspecified atom stereocenters. The fourth-order valence-corrected chi connectivity index (χ4v) is 1.92. The minimum atomic E-state index is -4.42. The Labute approximate surface area is 111 Å². The van der Waals surface area contributed by atoms with Gasteiger partial charge in [-0.2, -0.15) is 13.2 Å². The molecule has 1 aromatic carbocycles. The molecule has 0 aliphatic carbocycles. The van der Waals surface area contributed by atoms with E-state index in [-0.39, 0.29) is 17.1 Å². The number of nitrogens with zero attached hydrogens (tertiary/aromatic N) is 2. The SMILES string of the molecule is Nc1ccc(C(F)(F)F)cc1-c1nc2ccncc2[nH]1. The van der Waals surface area contributed by atoms with Gasteiger partial charge in [-0.3, -0.25) is 4.98 Å². The molecule has 3 N–H and O–H groups in total. The van der Waals surface area contributed by atoms with Crippen molar-refractivity contribution in [3.8, 4) is 11.4 Å². The smallest absolute Gasteiger partial charge is 0.398 e. The Balaban J connectivity index is 2.17. The number of alkyl halides is 3. The van der Waals surface area contributed by atoms with E-state index in [1.54, 1.807) is 18.5 Å². The average molecular weight is 278 g/mol. The van der Waals surface area contributed by atoms with Gasteiger partial charge >= 0.3 is 6.18 Å². The molecule has 0 spiro atoms. The number of anilines is 1. The zero-order valence-corrected chi connectivity index (χ0v) is 10.1. The van der Waals surface area contributed by atoms with Gasteiger partial charge in [-0.25, -0.2) is 4.98 Å². The average Bonchev–Trinajstić information content (AvgIpc) is 2.81. The van der Waals surface area contributed by atoms with Gasteiger partial charge in [0, 0.05) is 17.4 Å². The molecule has 3 aromatic rings. The first kappa shape index (κ1) is 12.5. The number of hydrogen-bond acceptors (Lipinski definition) is 3. The van der Waals surface area contributed by atoms with Crippen LogP contribution in [0, 0.1) is 0 Å². The number of imidazole rings is 1. The lowest BCUT2D eigenvalue weighted by Crippen LogP contribution is -2.06. The maximum absolute atomic E-state index is 12.7. The van der Waals surface area contributed by atoms with Crippen molar-refractivity contribution in [1.82, 2.24) is 15.0 Å². The molecule has 2 heterocycles. The zero-order chi connectivity index (χ0) is 14.3. The Morgan fingerprint density at radius 3 is 2.65 bits per heavy atom. The molecule has 4 nitrogen and oxygen atoms in total. The highest BCUT2D eigenvalue weighted by molar-refractivity contribution is 5.82. The predicted octanol–water partition coefficient (Wildman–Crippen LogP) is 3.23. The van der Waals surface area contributed by atoms with Gasteiger partial charge in [0.1, 0.15) is 5.82 Å². The lowest BCUT2D eigenvalue weighted by molar-refractivity contribution is -0.137. The van der Waals surface area contributed by atoms with E-state index in [4.69, 9.17) is 5.73 Å². The van der Waals surface area contributed by atoms with E-state index in [9.17, 15) is 13.2 Å². The first-order valence-corrected chi connectivity index (χ1v) is 5.72. The standard InChI is InChI=1S/C13H9F3N4/c14-13(15,16)7-1-2-9(17)8(5-7)12-19-10-3-4-18-6-11(10)20-12/h1-6H,17H2,(H,19,20). The van der Waals surface area contributed by atoms with Crippen molar-refractivity contribution in [1.29, 1.82) is 0 Å². The molecule has 7 heteroatoms. The van der Waals surface area contributed by atoms with Gasteiger partial charge in [0.15, 0.2) is 0 Å². The molecule has 0 aliphatic heterocycles. The molecular weight excluding hydrogens is 269 g/mol. The van der Waals surface area contributed by atoms with Gasteiger partial charge in [0.2, 0.25) is 0 Å². The van der Waals surface area contributed by atoms with Gasteiger partial charge in [0.25, 0.3) is 0 Å². The minimum Gasteiger partial charge on any atom is -0.398 e. The highest BCUT2D eigenvalue weighted by atomic mass is 19.4. The maximum atomic E-state index is 12.7. The second kappa shape index (κ2) is 4.22. The summed E-state index contributed by atoms with van der Waals surface area (Å²) in [5.74, 6) is 0.289. The van der Waals surface area contributed by atoms with Crippen LogP contribution < -0.4 is 5.73 Å². The van der Waals surface area contributed by atoms with Crippen molar-refractivity contribution in [2.45, 2.75) is 6.18 Å². The fourth-order valence-electron chi connectivity index (χ4n) is 1.92. The van der Waals surface area contributed by atoms with Gasteiger partial charge < -0.3 is 10.7 Å². The van der Waals surface area contributed by atoms with E-state index >= 15 is 0 Å².